The smallest absolute Gasteiger partial charge is 0.326 e. The number of carboxylic acids is 1. The number of pyridine rings is 1. The third-order valence-electron chi connectivity index (χ3n) is 7.74. The Hall–Kier alpha value is -3.53. The second-order valence-electron chi connectivity index (χ2n) is 10.6. The predicted molar refractivity (Wildman–Crippen MR) is 143 cm³/mol. The van der Waals surface area contributed by atoms with Gasteiger partial charge in [0.05, 0.1) is 11.7 Å². The van der Waals surface area contributed by atoms with Crippen LogP contribution in [0.2, 0.25) is 0 Å². The average Bonchev–Trinajstić information content (AvgIpc) is 3.29. The molecule has 2 aliphatic rings. The van der Waals surface area contributed by atoms with Gasteiger partial charge >= 0.3 is 5.97 Å². The van der Waals surface area contributed by atoms with Gasteiger partial charge in [-0.25, -0.2) is 14.2 Å². The van der Waals surface area contributed by atoms with Gasteiger partial charge in [-0.3, -0.25) is 9.48 Å². The summed E-state index contributed by atoms with van der Waals surface area (Å²) >= 11 is 0. The Morgan fingerprint density at radius 3 is 2.97 bits per heavy atom. The number of amides is 1. The van der Waals surface area contributed by atoms with Crippen molar-refractivity contribution in [2.24, 2.45) is 7.05 Å². The number of rotatable bonds is 9. The molecule has 1 aromatic carbocycles. The summed E-state index contributed by atoms with van der Waals surface area (Å²) in [5.74, 6) is -0.629. The second kappa shape index (κ2) is 11.1. The molecular formula is C28H35FN6O3. The predicted octanol–water partition coefficient (Wildman–Crippen LogP) is 3.34. The van der Waals surface area contributed by atoms with E-state index in [1.165, 1.54) is 5.56 Å². The summed E-state index contributed by atoms with van der Waals surface area (Å²) in [6.07, 6.45) is 6.18. The van der Waals surface area contributed by atoms with Crippen LogP contribution in [0.15, 0.2) is 36.5 Å². The number of likely N-dealkylation sites (tertiary alicyclic amines) is 1. The Morgan fingerprint density at radius 2 is 2.13 bits per heavy atom. The number of alkyl halides is 1. The minimum Gasteiger partial charge on any atom is -0.480 e. The maximum absolute atomic E-state index is 15.8. The topological polar surface area (TPSA) is 112 Å². The van der Waals surface area contributed by atoms with E-state index in [1.54, 1.807) is 36.1 Å². The first-order valence-electron chi connectivity index (χ1n) is 13.4. The quantitative estimate of drug-likeness (QED) is 0.395. The largest absolute Gasteiger partial charge is 0.480 e. The molecule has 2 atom stereocenters. The molecule has 0 spiro atoms. The molecule has 0 radical (unpaired) electrons. The number of nitrogens with zero attached hydrogens (tertiary/aromatic N) is 4. The normalized spacial score (nSPS) is 20.5. The van der Waals surface area contributed by atoms with E-state index < -0.39 is 23.6 Å². The maximum Gasteiger partial charge on any atom is 0.326 e. The molecule has 9 nitrogen and oxygen atoms in total. The number of nitrogens with one attached hydrogen (secondary N) is 2. The zero-order valence-corrected chi connectivity index (χ0v) is 21.8. The molecule has 2 aliphatic heterocycles. The second-order valence-corrected chi connectivity index (χ2v) is 10.6. The van der Waals surface area contributed by atoms with E-state index in [-0.39, 0.29) is 13.0 Å². The van der Waals surface area contributed by atoms with Crippen LogP contribution in [0, 0.1) is 0 Å². The van der Waals surface area contributed by atoms with Gasteiger partial charge in [-0.1, -0.05) is 12.1 Å². The molecule has 5 rings (SSSR count). The molecule has 0 bridgehead atoms. The molecule has 2 aromatic heterocycles. The summed E-state index contributed by atoms with van der Waals surface area (Å²) in [7, 11) is 1.79. The summed E-state index contributed by atoms with van der Waals surface area (Å²) in [6.45, 7) is 2.28. The first-order valence-corrected chi connectivity index (χ1v) is 13.4. The summed E-state index contributed by atoms with van der Waals surface area (Å²) in [5, 5.41) is 20.8. The monoisotopic (exact) mass is 522 g/mol. The minimum absolute atomic E-state index is 0.198. The number of carboxylic acid groups (broad SMARTS) is 1. The van der Waals surface area contributed by atoms with Gasteiger partial charge in [0.1, 0.15) is 17.5 Å². The van der Waals surface area contributed by atoms with E-state index >= 15 is 4.39 Å². The van der Waals surface area contributed by atoms with Crippen LogP contribution < -0.4 is 10.6 Å². The Labute approximate surface area is 221 Å². The van der Waals surface area contributed by atoms with Gasteiger partial charge < -0.3 is 20.6 Å². The molecule has 3 N–H and O–H groups in total. The third-order valence-corrected chi connectivity index (χ3v) is 7.74. The molecule has 3 aromatic rings. The van der Waals surface area contributed by atoms with E-state index in [4.69, 9.17) is 4.98 Å². The van der Waals surface area contributed by atoms with Gasteiger partial charge in [0.2, 0.25) is 0 Å². The molecule has 0 unspecified atom stereocenters. The Balaban J connectivity index is 1.15. The zero-order valence-electron chi connectivity index (χ0n) is 21.8. The van der Waals surface area contributed by atoms with Crippen molar-refractivity contribution in [2.75, 3.05) is 31.5 Å². The number of aryl methyl sites for hydroxylation is 3. The summed E-state index contributed by atoms with van der Waals surface area (Å²) in [5.41, 5.74) is 1.93. The van der Waals surface area contributed by atoms with Gasteiger partial charge in [0.15, 0.2) is 0 Å². The molecule has 1 amide bonds. The van der Waals surface area contributed by atoms with Crippen molar-refractivity contribution in [3.8, 4) is 0 Å². The Morgan fingerprint density at radius 1 is 1.26 bits per heavy atom. The van der Waals surface area contributed by atoms with Crippen LogP contribution in [0.1, 0.15) is 53.7 Å². The molecule has 202 valence electrons. The fourth-order valence-corrected chi connectivity index (χ4v) is 5.53. The highest BCUT2D eigenvalue weighted by Crippen LogP contribution is 2.31. The minimum atomic E-state index is -1.34. The number of carbonyl (C=O) groups is 2. The Kier molecular flexibility index (Phi) is 7.60. The highest BCUT2D eigenvalue weighted by molar-refractivity contribution is 5.99. The standard InChI is InChI=1S/C28H35FN6O3/c1-34-24-16-20(5-6-21(24)17-31-34)26(36)33-23(27(37)38)10-15-35-14-3-11-28(29,18-35)12-9-22-8-7-19-4-2-13-30-25(19)32-22/h5-8,16-17,23H,2-4,9-15,18H2,1H3,(H,30,32)(H,33,36)(H,37,38)/t23-,28-/m0/s1. The van der Waals surface area contributed by atoms with Crippen LogP contribution in [-0.4, -0.2) is 74.5 Å². The fraction of sp³-hybridized carbons (Fsp3) is 0.500. The van der Waals surface area contributed by atoms with E-state index in [0.717, 1.165) is 41.8 Å². The number of hydrogen-bond acceptors (Lipinski definition) is 6. The third kappa shape index (κ3) is 5.96. The van der Waals surface area contributed by atoms with Crippen LogP contribution in [0.3, 0.4) is 0 Å². The molecule has 1 saturated heterocycles. The number of hydrogen-bond donors (Lipinski definition) is 3. The van der Waals surface area contributed by atoms with Gasteiger partial charge in [0, 0.05) is 43.3 Å². The average molecular weight is 523 g/mol. The SMILES string of the molecule is Cn1ncc2ccc(C(=O)N[C@@H](CCN3CCC[C@](F)(CCc4ccc5c(n4)NCCC5)C3)C(=O)O)cc21. The van der Waals surface area contributed by atoms with Crippen LogP contribution in [0.4, 0.5) is 10.2 Å². The molecule has 10 heteroatoms. The highest BCUT2D eigenvalue weighted by Gasteiger charge is 2.35. The number of benzene rings is 1. The molecule has 0 aliphatic carbocycles. The van der Waals surface area contributed by atoms with Crippen molar-refractivity contribution >= 4 is 28.6 Å². The van der Waals surface area contributed by atoms with Gasteiger partial charge in [0.25, 0.3) is 5.91 Å². The first-order chi connectivity index (χ1) is 18.3. The van der Waals surface area contributed by atoms with Crippen molar-refractivity contribution in [1.29, 1.82) is 0 Å². The van der Waals surface area contributed by atoms with Crippen LogP contribution in [0.25, 0.3) is 10.9 Å². The molecular weight excluding hydrogens is 487 g/mol. The van der Waals surface area contributed by atoms with Crippen LogP contribution in [0.5, 0.6) is 0 Å². The number of aliphatic carboxylic acids is 1. The van der Waals surface area contributed by atoms with E-state index in [9.17, 15) is 14.7 Å². The Bertz CT molecular complexity index is 1330. The van der Waals surface area contributed by atoms with Crippen molar-refractivity contribution in [2.45, 2.75) is 56.7 Å². The molecule has 38 heavy (non-hydrogen) atoms. The van der Waals surface area contributed by atoms with Gasteiger partial charge in [-0.2, -0.15) is 5.10 Å². The lowest BCUT2D eigenvalue weighted by Crippen LogP contribution is -2.48. The molecule has 0 saturated carbocycles. The lowest BCUT2D eigenvalue weighted by molar-refractivity contribution is -0.139. The summed E-state index contributed by atoms with van der Waals surface area (Å²) < 4.78 is 17.5. The lowest BCUT2D eigenvalue weighted by Gasteiger charge is -2.38. The van der Waals surface area contributed by atoms with E-state index in [1.807, 2.05) is 11.0 Å². The summed E-state index contributed by atoms with van der Waals surface area (Å²) in [4.78, 5) is 31.4. The number of carbonyl (C=O) groups excluding carboxylic acids is 1. The number of piperidine rings is 1. The van der Waals surface area contributed by atoms with Crippen LogP contribution in [-0.2, 0) is 24.7 Å². The zero-order chi connectivity index (χ0) is 26.7. The summed E-state index contributed by atoms with van der Waals surface area (Å²) in [6, 6.07) is 8.18. The van der Waals surface area contributed by atoms with Crippen LogP contribution >= 0.6 is 0 Å². The van der Waals surface area contributed by atoms with Crippen molar-refractivity contribution < 1.29 is 19.1 Å². The number of halogens is 1. The highest BCUT2D eigenvalue weighted by atomic mass is 19.1. The van der Waals surface area contributed by atoms with Gasteiger partial charge in [-0.15, -0.1) is 0 Å². The fourth-order valence-electron chi connectivity index (χ4n) is 5.53. The van der Waals surface area contributed by atoms with Crippen molar-refractivity contribution in [1.82, 2.24) is 25.0 Å². The molecule has 1 fully saturated rings. The van der Waals surface area contributed by atoms with E-state index in [2.05, 4.69) is 21.8 Å². The molecule has 4 heterocycles. The van der Waals surface area contributed by atoms with Gasteiger partial charge in [-0.05, 0) is 75.3 Å². The first kappa shape index (κ1) is 26.1. The van der Waals surface area contributed by atoms with Crippen molar-refractivity contribution in [3.05, 3.63) is 53.3 Å². The van der Waals surface area contributed by atoms with Crippen molar-refractivity contribution in [3.63, 3.8) is 0 Å². The van der Waals surface area contributed by atoms with E-state index in [0.29, 0.717) is 44.3 Å². The number of anilines is 1. The lowest BCUT2D eigenvalue weighted by atomic mass is 9.89. The number of aromatic nitrogens is 3. The number of fused-ring (bicyclic) bond motifs is 2. The maximum atomic E-state index is 15.8.